The van der Waals surface area contributed by atoms with E-state index in [4.69, 9.17) is 4.74 Å². The first-order valence-corrected chi connectivity index (χ1v) is 12.0. The molecule has 5 heteroatoms. The molecule has 3 aromatic carbocycles. The van der Waals surface area contributed by atoms with Gasteiger partial charge in [0, 0.05) is 17.6 Å². The summed E-state index contributed by atoms with van der Waals surface area (Å²) in [4.78, 5) is 2.51. The van der Waals surface area contributed by atoms with Crippen LogP contribution in [-0.4, -0.2) is 24.6 Å². The topological polar surface area (TPSA) is 12.5 Å². The Kier molecular flexibility index (Phi) is 8.06. The quantitative estimate of drug-likeness (QED) is 0.326. The van der Waals surface area contributed by atoms with Crippen molar-refractivity contribution in [1.82, 2.24) is 4.90 Å². The maximum Gasteiger partial charge on any atom is 0.123 e. The number of hydrogen-bond donors (Lipinski definition) is 0. The number of piperidine rings is 1. The number of nitrogens with zero attached hydrogens (tertiary/aromatic N) is 1. The Morgan fingerprint density at radius 1 is 0.875 bits per heavy atom. The lowest BCUT2D eigenvalue weighted by molar-refractivity contribution is 0.0595. The van der Waals surface area contributed by atoms with E-state index in [1.54, 1.807) is 24.3 Å². The van der Waals surface area contributed by atoms with E-state index < -0.39 is 0 Å². The highest BCUT2D eigenvalue weighted by Crippen LogP contribution is 2.29. The van der Waals surface area contributed by atoms with Crippen LogP contribution in [0.4, 0.5) is 8.78 Å². The lowest BCUT2D eigenvalue weighted by Crippen LogP contribution is -2.33. The third-order valence-electron chi connectivity index (χ3n) is 6.16. The number of ether oxygens (including phenoxy) is 1. The van der Waals surface area contributed by atoms with Gasteiger partial charge >= 0.3 is 0 Å². The highest BCUT2D eigenvalue weighted by Gasteiger charge is 2.21. The van der Waals surface area contributed by atoms with E-state index in [2.05, 4.69) is 45.1 Å². The van der Waals surface area contributed by atoms with E-state index in [1.807, 2.05) is 0 Å². The molecule has 1 saturated heterocycles. The molecule has 0 unspecified atom stereocenters. The van der Waals surface area contributed by atoms with Crippen LogP contribution in [-0.2, 0) is 11.3 Å². The SMILES string of the molecule is Fc1ccc(C(OCCC2CCN(Cc3cccc(Br)c3)CC2)c2ccc(F)cc2)cc1. The Bertz CT molecular complexity index is 940. The molecule has 0 N–H and O–H groups in total. The average molecular weight is 500 g/mol. The molecular formula is C27H28BrF2NO. The van der Waals surface area contributed by atoms with Gasteiger partial charge in [-0.05, 0) is 91.4 Å². The molecule has 0 spiro atoms. The molecule has 168 valence electrons. The maximum absolute atomic E-state index is 13.4. The van der Waals surface area contributed by atoms with Gasteiger partial charge in [0.2, 0.25) is 0 Å². The molecule has 1 aliphatic rings. The standard InChI is InChI=1S/C27H28BrF2NO/c28-24-3-1-2-21(18-24)19-31-15-12-20(13-16-31)14-17-32-27(22-4-8-25(29)9-5-22)23-6-10-26(30)11-7-23/h1-11,18,20,27H,12-17,19H2. The molecule has 4 rings (SSSR count). The molecule has 2 nitrogen and oxygen atoms in total. The van der Waals surface area contributed by atoms with Crippen LogP contribution in [0.1, 0.15) is 42.1 Å². The van der Waals surface area contributed by atoms with Crippen molar-refractivity contribution in [2.24, 2.45) is 5.92 Å². The van der Waals surface area contributed by atoms with Crippen molar-refractivity contribution in [1.29, 1.82) is 0 Å². The highest BCUT2D eigenvalue weighted by atomic mass is 79.9. The van der Waals surface area contributed by atoms with E-state index in [-0.39, 0.29) is 17.7 Å². The molecule has 0 aromatic heterocycles. The number of rotatable bonds is 8. The van der Waals surface area contributed by atoms with Crippen molar-refractivity contribution >= 4 is 15.9 Å². The fourth-order valence-electron chi connectivity index (χ4n) is 4.34. The highest BCUT2D eigenvalue weighted by molar-refractivity contribution is 9.10. The third kappa shape index (κ3) is 6.47. The van der Waals surface area contributed by atoms with Crippen LogP contribution >= 0.6 is 15.9 Å². The monoisotopic (exact) mass is 499 g/mol. The van der Waals surface area contributed by atoms with E-state index in [0.717, 1.165) is 54.5 Å². The summed E-state index contributed by atoms with van der Waals surface area (Å²) in [7, 11) is 0. The second-order valence-corrected chi connectivity index (χ2v) is 9.41. The largest absolute Gasteiger partial charge is 0.369 e. The van der Waals surface area contributed by atoms with Crippen LogP contribution < -0.4 is 0 Å². The third-order valence-corrected chi connectivity index (χ3v) is 6.65. The zero-order valence-electron chi connectivity index (χ0n) is 18.0. The van der Waals surface area contributed by atoms with Crippen molar-refractivity contribution in [2.45, 2.75) is 31.9 Å². The molecule has 0 atom stereocenters. The van der Waals surface area contributed by atoms with Crippen LogP contribution in [0, 0.1) is 17.6 Å². The van der Waals surface area contributed by atoms with Crippen LogP contribution in [0.5, 0.6) is 0 Å². The van der Waals surface area contributed by atoms with Crippen LogP contribution in [0.25, 0.3) is 0 Å². The van der Waals surface area contributed by atoms with Crippen molar-refractivity contribution in [3.63, 3.8) is 0 Å². The first-order chi connectivity index (χ1) is 15.6. The van der Waals surface area contributed by atoms with Gasteiger partial charge in [-0.2, -0.15) is 0 Å². The molecule has 0 radical (unpaired) electrons. The zero-order chi connectivity index (χ0) is 22.3. The molecule has 1 heterocycles. The Morgan fingerprint density at radius 3 is 2.03 bits per heavy atom. The molecule has 1 fully saturated rings. The normalized spacial score (nSPS) is 15.4. The van der Waals surface area contributed by atoms with E-state index in [0.29, 0.717) is 12.5 Å². The number of benzene rings is 3. The Balaban J connectivity index is 1.29. The first-order valence-electron chi connectivity index (χ1n) is 11.2. The van der Waals surface area contributed by atoms with Crippen molar-refractivity contribution < 1.29 is 13.5 Å². The van der Waals surface area contributed by atoms with Gasteiger partial charge in [-0.3, -0.25) is 4.90 Å². The van der Waals surface area contributed by atoms with Crippen LogP contribution in [0.2, 0.25) is 0 Å². The summed E-state index contributed by atoms with van der Waals surface area (Å²) in [5.74, 6) is 0.0818. The van der Waals surface area contributed by atoms with Gasteiger partial charge in [0.05, 0.1) is 0 Å². The number of hydrogen-bond acceptors (Lipinski definition) is 2. The summed E-state index contributed by atoms with van der Waals surface area (Å²) in [6.45, 7) is 3.79. The van der Waals surface area contributed by atoms with E-state index in [1.165, 1.54) is 29.8 Å². The zero-order valence-corrected chi connectivity index (χ0v) is 19.6. The fraction of sp³-hybridized carbons (Fsp3) is 0.333. The van der Waals surface area contributed by atoms with Gasteiger partial charge in [-0.1, -0.05) is 52.3 Å². The Labute approximate surface area is 197 Å². The Hall–Kier alpha value is -2.08. The summed E-state index contributed by atoms with van der Waals surface area (Å²) < 4.78 is 34.2. The van der Waals surface area contributed by atoms with Gasteiger partial charge in [-0.25, -0.2) is 8.78 Å². The summed E-state index contributed by atoms with van der Waals surface area (Å²) in [5.41, 5.74) is 3.09. The van der Waals surface area contributed by atoms with Gasteiger partial charge in [0.25, 0.3) is 0 Å². The lowest BCUT2D eigenvalue weighted by Gasteiger charge is -2.32. The minimum Gasteiger partial charge on any atom is -0.369 e. The van der Waals surface area contributed by atoms with E-state index >= 15 is 0 Å². The summed E-state index contributed by atoms with van der Waals surface area (Å²) in [6, 6.07) is 21.2. The van der Waals surface area contributed by atoms with Gasteiger partial charge in [-0.15, -0.1) is 0 Å². The molecule has 1 aliphatic heterocycles. The molecule has 32 heavy (non-hydrogen) atoms. The van der Waals surface area contributed by atoms with Crippen molar-refractivity contribution in [2.75, 3.05) is 19.7 Å². The molecule has 0 bridgehead atoms. The second kappa shape index (κ2) is 11.2. The second-order valence-electron chi connectivity index (χ2n) is 8.49. The average Bonchev–Trinajstić information content (AvgIpc) is 2.80. The predicted molar refractivity (Wildman–Crippen MR) is 127 cm³/mol. The van der Waals surface area contributed by atoms with Gasteiger partial charge in [0.15, 0.2) is 0 Å². The minimum atomic E-state index is -0.326. The summed E-state index contributed by atoms with van der Waals surface area (Å²) >= 11 is 3.55. The molecule has 0 saturated carbocycles. The molecule has 0 aliphatic carbocycles. The molecule has 3 aromatic rings. The van der Waals surface area contributed by atoms with Gasteiger partial charge in [0.1, 0.15) is 17.7 Å². The maximum atomic E-state index is 13.4. The predicted octanol–water partition coefficient (Wildman–Crippen LogP) is 7.14. The first kappa shape index (κ1) is 23.1. The summed E-state index contributed by atoms with van der Waals surface area (Å²) in [6.07, 6.45) is 2.99. The molecule has 0 amide bonds. The van der Waals surface area contributed by atoms with Crippen molar-refractivity contribution in [3.8, 4) is 0 Å². The number of halogens is 3. The smallest absolute Gasteiger partial charge is 0.123 e. The number of likely N-dealkylation sites (tertiary alicyclic amines) is 1. The molecular weight excluding hydrogens is 472 g/mol. The summed E-state index contributed by atoms with van der Waals surface area (Å²) in [5, 5.41) is 0. The Morgan fingerprint density at radius 2 is 1.47 bits per heavy atom. The fourth-order valence-corrected chi connectivity index (χ4v) is 4.79. The minimum absolute atomic E-state index is 0.277. The van der Waals surface area contributed by atoms with Crippen molar-refractivity contribution in [3.05, 3.63) is 106 Å². The van der Waals surface area contributed by atoms with Gasteiger partial charge < -0.3 is 4.74 Å². The van der Waals surface area contributed by atoms with Crippen LogP contribution in [0.15, 0.2) is 77.3 Å². The van der Waals surface area contributed by atoms with Crippen LogP contribution in [0.3, 0.4) is 0 Å². The lowest BCUT2D eigenvalue weighted by atomic mass is 9.93. The van der Waals surface area contributed by atoms with E-state index in [9.17, 15) is 8.78 Å².